The Balaban J connectivity index is 1.41. The van der Waals surface area contributed by atoms with E-state index in [0.29, 0.717) is 39.1 Å². The molecule has 1 saturated heterocycles. The molecule has 6 heteroatoms. The van der Waals surface area contributed by atoms with Gasteiger partial charge in [-0.1, -0.05) is 42.5 Å². The van der Waals surface area contributed by atoms with Crippen molar-refractivity contribution in [2.45, 2.75) is 45.6 Å². The monoisotopic (exact) mass is 448 g/mol. The molecule has 6 nitrogen and oxygen atoms in total. The molecule has 0 N–H and O–H groups in total. The highest BCUT2D eigenvalue weighted by Gasteiger charge is 2.34. The molecule has 0 aromatic heterocycles. The molecule has 1 saturated carbocycles. The lowest BCUT2D eigenvalue weighted by atomic mass is 9.96. The standard InChI is InChI=1S/C27H32N2O4/c1-2-33-27(32)23-13-15-28(16-14-23)25(30)18-21-9-6-10-24(17-21)29(26(31)22-11-12-22)19-20-7-4-3-5-8-20/h3-10,17,22-23H,2,11-16,18-19H2,1H3. The van der Waals surface area contributed by atoms with Gasteiger partial charge in [-0.2, -0.15) is 0 Å². The molecule has 2 aliphatic rings. The molecule has 4 rings (SSSR count). The van der Waals surface area contributed by atoms with Gasteiger partial charge in [0.05, 0.1) is 25.5 Å². The van der Waals surface area contributed by atoms with Crippen LogP contribution in [0, 0.1) is 11.8 Å². The minimum atomic E-state index is -0.156. The minimum Gasteiger partial charge on any atom is -0.466 e. The molecule has 0 bridgehead atoms. The summed E-state index contributed by atoms with van der Waals surface area (Å²) in [6, 6.07) is 17.8. The number of hydrogen-bond donors (Lipinski definition) is 0. The van der Waals surface area contributed by atoms with Crippen LogP contribution in [0.5, 0.6) is 0 Å². The third-order valence-corrected chi connectivity index (χ3v) is 6.42. The normalized spacial score (nSPS) is 16.3. The van der Waals surface area contributed by atoms with Crippen LogP contribution < -0.4 is 4.90 Å². The molecule has 2 fully saturated rings. The average molecular weight is 449 g/mol. The molecule has 2 aromatic carbocycles. The van der Waals surface area contributed by atoms with Gasteiger partial charge in [-0.15, -0.1) is 0 Å². The van der Waals surface area contributed by atoms with Crippen molar-refractivity contribution >= 4 is 23.5 Å². The molecule has 1 heterocycles. The lowest BCUT2D eigenvalue weighted by Gasteiger charge is -2.31. The zero-order valence-corrected chi connectivity index (χ0v) is 19.2. The Morgan fingerprint density at radius 1 is 0.909 bits per heavy atom. The van der Waals surface area contributed by atoms with Crippen LogP contribution in [0.25, 0.3) is 0 Å². The summed E-state index contributed by atoms with van der Waals surface area (Å²) >= 11 is 0. The second-order valence-electron chi connectivity index (χ2n) is 8.94. The van der Waals surface area contributed by atoms with Crippen LogP contribution in [-0.2, 0) is 32.1 Å². The minimum absolute atomic E-state index is 0.0533. The number of likely N-dealkylation sites (tertiary alicyclic amines) is 1. The fourth-order valence-electron chi connectivity index (χ4n) is 4.36. The lowest BCUT2D eigenvalue weighted by molar-refractivity contribution is -0.151. The number of anilines is 1. The number of hydrogen-bond acceptors (Lipinski definition) is 4. The van der Waals surface area contributed by atoms with E-state index in [-0.39, 0.29) is 36.0 Å². The first-order valence-corrected chi connectivity index (χ1v) is 11.9. The van der Waals surface area contributed by atoms with E-state index >= 15 is 0 Å². The largest absolute Gasteiger partial charge is 0.466 e. The predicted molar refractivity (Wildman–Crippen MR) is 126 cm³/mol. The average Bonchev–Trinajstić information content (AvgIpc) is 3.69. The van der Waals surface area contributed by atoms with Gasteiger partial charge in [0.2, 0.25) is 11.8 Å². The van der Waals surface area contributed by atoms with Crippen molar-refractivity contribution in [2.24, 2.45) is 11.8 Å². The first-order chi connectivity index (χ1) is 16.0. The summed E-state index contributed by atoms with van der Waals surface area (Å²) in [4.78, 5) is 41.6. The number of piperidine rings is 1. The third-order valence-electron chi connectivity index (χ3n) is 6.42. The summed E-state index contributed by atoms with van der Waals surface area (Å²) in [6.07, 6.45) is 3.47. The van der Waals surface area contributed by atoms with E-state index in [4.69, 9.17) is 4.74 Å². The van der Waals surface area contributed by atoms with Crippen molar-refractivity contribution in [1.29, 1.82) is 0 Å². The molecule has 0 unspecified atom stereocenters. The summed E-state index contributed by atoms with van der Waals surface area (Å²) in [7, 11) is 0. The second kappa shape index (κ2) is 10.6. The number of nitrogens with zero attached hydrogens (tertiary/aromatic N) is 2. The summed E-state index contributed by atoms with van der Waals surface area (Å²) in [5.74, 6) is 0.0501. The first kappa shape index (κ1) is 23.0. The maximum atomic E-state index is 13.0. The maximum Gasteiger partial charge on any atom is 0.309 e. The number of ether oxygens (including phenoxy) is 1. The Morgan fingerprint density at radius 3 is 2.27 bits per heavy atom. The van der Waals surface area contributed by atoms with Gasteiger partial charge in [0, 0.05) is 24.7 Å². The highest BCUT2D eigenvalue weighted by Crippen LogP contribution is 2.34. The third kappa shape index (κ3) is 6.01. The molecule has 1 aliphatic carbocycles. The molecular weight excluding hydrogens is 416 g/mol. The quantitative estimate of drug-likeness (QED) is 0.573. The van der Waals surface area contributed by atoms with Gasteiger partial charge in [-0.3, -0.25) is 14.4 Å². The van der Waals surface area contributed by atoms with E-state index in [0.717, 1.165) is 29.7 Å². The molecule has 174 valence electrons. The van der Waals surface area contributed by atoms with Gasteiger partial charge in [0.15, 0.2) is 0 Å². The Labute approximate surface area is 195 Å². The Morgan fingerprint density at radius 2 is 1.61 bits per heavy atom. The lowest BCUT2D eigenvalue weighted by Crippen LogP contribution is -2.41. The van der Waals surface area contributed by atoms with Gasteiger partial charge in [-0.05, 0) is 55.9 Å². The van der Waals surface area contributed by atoms with E-state index in [1.807, 2.05) is 71.3 Å². The van der Waals surface area contributed by atoms with Crippen molar-refractivity contribution in [3.05, 3.63) is 65.7 Å². The Bertz CT molecular complexity index is 979. The van der Waals surface area contributed by atoms with Crippen LogP contribution in [0.3, 0.4) is 0 Å². The number of amides is 2. The summed E-state index contributed by atoms with van der Waals surface area (Å²) in [6.45, 7) is 3.86. The molecule has 0 atom stereocenters. The highest BCUT2D eigenvalue weighted by atomic mass is 16.5. The van der Waals surface area contributed by atoms with Crippen molar-refractivity contribution < 1.29 is 19.1 Å². The first-order valence-electron chi connectivity index (χ1n) is 11.9. The molecule has 2 aromatic rings. The van der Waals surface area contributed by atoms with Gasteiger partial charge in [0.1, 0.15) is 0 Å². The van der Waals surface area contributed by atoms with Gasteiger partial charge >= 0.3 is 5.97 Å². The fraction of sp³-hybridized carbons (Fsp3) is 0.444. The molecule has 0 radical (unpaired) electrons. The van der Waals surface area contributed by atoms with E-state index in [1.165, 1.54) is 0 Å². The van der Waals surface area contributed by atoms with E-state index in [2.05, 4.69) is 0 Å². The topological polar surface area (TPSA) is 66.9 Å². The van der Waals surface area contributed by atoms with Crippen LogP contribution in [0.15, 0.2) is 54.6 Å². The zero-order chi connectivity index (χ0) is 23.2. The highest BCUT2D eigenvalue weighted by molar-refractivity contribution is 5.96. The number of rotatable bonds is 8. The van der Waals surface area contributed by atoms with Crippen LogP contribution in [0.2, 0.25) is 0 Å². The predicted octanol–water partition coefficient (Wildman–Crippen LogP) is 3.97. The maximum absolute atomic E-state index is 13.0. The fourth-order valence-corrected chi connectivity index (χ4v) is 4.36. The summed E-state index contributed by atoms with van der Waals surface area (Å²) < 4.78 is 5.12. The van der Waals surface area contributed by atoms with E-state index in [9.17, 15) is 14.4 Å². The number of benzene rings is 2. The Hall–Kier alpha value is -3.15. The van der Waals surface area contributed by atoms with Crippen molar-refractivity contribution in [2.75, 3.05) is 24.6 Å². The molecule has 2 amide bonds. The van der Waals surface area contributed by atoms with Crippen LogP contribution in [-0.4, -0.2) is 42.4 Å². The van der Waals surface area contributed by atoms with Crippen molar-refractivity contribution in [3.8, 4) is 0 Å². The van der Waals surface area contributed by atoms with E-state index < -0.39 is 0 Å². The summed E-state index contributed by atoms with van der Waals surface area (Å²) in [5, 5.41) is 0. The number of carbonyl (C=O) groups is 3. The molecular formula is C27H32N2O4. The molecule has 33 heavy (non-hydrogen) atoms. The van der Waals surface area contributed by atoms with Gasteiger partial charge in [-0.25, -0.2) is 0 Å². The van der Waals surface area contributed by atoms with E-state index in [1.54, 1.807) is 0 Å². The number of esters is 1. The Kier molecular flexibility index (Phi) is 7.43. The molecule has 1 aliphatic heterocycles. The van der Waals surface area contributed by atoms with Crippen molar-refractivity contribution in [1.82, 2.24) is 4.90 Å². The van der Waals surface area contributed by atoms with Crippen LogP contribution >= 0.6 is 0 Å². The molecule has 0 spiro atoms. The summed E-state index contributed by atoms with van der Waals surface area (Å²) in [5.41, 5.74) is 2.81. The van der Waals surface area contributed by atoms with Gasteiger partial charge in [0.25, 0.3) is 0 Å². The van der Waals surface area contributed by atoms with Crippen LogP contribution in [0.4, 0.5) is 5.69 Å². The zero-order valence-electron chi connectivity index (χ0n) is 19.2. The van der Waals surface area contributed by atoms with Crippen molar-refractivity contribution in [3.63, 3.8) is 0 Å². The van der Waals surface area contributed by atoms with Crippen LogP contribution in [0.1, 0.15) is 43.7 Å². The van der Waals surface area contributed by atoms with Gasteiger partial charge < -0.3 is 14.5 Å². The number of carbonyl (C=O) groups excluding carboxylic acids is 3. The smallest absolute Gasteiger partial charge is 0.309 e. The SMILES string of the molecule is CCOC(=O)C1CCN(C(=O)Cc2cccc(N(Cc3ccccc3)C(=O)C3CC3)c2)CC1. The second-order valence-corrected chi connectivity index (χ2v) is 8.94.